The van der Waals surface area contributed by atoms with E-state index in [1.807, 2.05) is 0 Å². The van der Waals surface area contributed by atoms with Crippen LogP contribution in [0.5, 0.6) is 0 Å². The van der Waals surface area contributed by atoms with Crippen molar-refractivity contribution < 1.29 is 15.0 Å². The third-order valence-corrected chi connectivity index (χ3v) is 2.60. The van der Waals surface area contributed by atoms with E-state index in [1.54, 1.807) is 12.1 Å². The minimum atomic E-state index is -1.36. The number of benzene rings is 1. The summed E-state index contributed by atoms with van der Waals surface area (Å²) < 4.78 is 0. The van der Waals surface area contributed by atoms with Crippen molar-refractivity contribution >= 4 is 23.2 Å². The molecule has 0 fully saturated rings. The van der Waals surface area contributed by atoms with E-state index in [4.69, 9.17) is 22.4 Å². The second kappa shape index (κ2) is 5.35. The summed E-state index contributed by atoms with van der Waals surface area (Å²) in [5.41, 5.74) is 4.72. The number of aliphatic hydroxyl groups excluding tert-OH is 1. The Kier molecular flexibility index (Phi) is 4.34. The van der Waals surface area contributed by atoms with Crippen LogP contribution in [0.25, 0.3) is 0 Å². The number of carbonyl (C=O) groups excluding carboxylic acids is 1. The van der Waals surface area contributed by atoms with E-state index >= 15 is 0 Å². The molecule has 0 aromatic heterocycles. The zero-order chi connectivity index (χ0) is 13.1. The smallest absolute Gasteiger partial charge is 0.253 e. The highest BCUT2D eigenvalue weighted by Crippen LogP contribution is 2.22. The summed E-state index contributed by atoms with van der Waals surface area (Å²) >= 11 is 5.78. The minimum absolute atomic E-state index is 0.0751. The van der Waals surface area contributed by atoms with Crippen molar-refractivity contribution in [2.75, 3.05) is 18.9 Å². The van der Waals surface area contributed by atoms with Crippen molar-refractivity contribution in [3.63, 3.8) is 0 Å². The normalized spacial score (nSPS) is 14.1. The third kappa shape index (κ3) is 3.59. The molecule has 5 N–H and O–H groups in total. The van der Waals surface area contributed by atoms with Crippen LogP contribution in [0.3, 0.4) is 0 Å². The lowest BCUT2D eigenvalue weighted by atomic mass is 10.1. The Balaban J connectivity index is 2.74. The van der Waals surface area contributed by atoms with Crippen LogP contribution in [0.15, 0.2) is 18.2 Å². The molecule has 94 valence electrons. The number of hydrogen-bond acceptors (Lipinski definition) is 4. The molecule has 0 heterocycles. The Labute approximate surface area is 104 Å². The van der Waals surface area contributed by atoms with Crippen molar-refractivity contribution in [2.24, 2.45) is 0 Å². The van der Waals surface area contributed by atoms with E-state index in [2.05, 4.69) is 5.32 Å². The van der Waals surface area contributed by atoms with Crippen LogP contribution in [0.1, 0.15) is 17.3 Å². The Morgan fingerprint density at radius 2 is 2.24 bits per heavy atom. The van der Waals surface area contributed by atoms with E-state index in [-0.39, 0.29) is 17.8 Å². The van der Waals surface area contributed by atoms with E-state index in [0.717, 1.165) is 0 Å². The van der Waals surface area contributed by atoms with Crippen molar-refractivity contribution in [2.45, 2.75) is 12.5 Å². The van der Waals surface area contributed by atoms with Gasteiger partial charge in [-0.3, -0.25) is 4.79 Å². The van der Waals surface area contributed by atoms with Crippen LogP contribution in [0, 0.1) is 0 Å². The summed E-state index contributed by atoms with van der Waals surface area (Å²) in [6.45, 7) is 0.890. The van der Waals surface area contributed by atoms with Crippen LogP contribution in [-0.2, 0) is 0 Å². The predicted octanol–water partition coefficient (Wildman–Crippen LogP) is 0.395. The molecule has 1 amide bonds. The second-order valence-electron chi connectivity index (χ2n) is 4.04. The van der Waals surface area contributed by atoms with Crippen LogP contribution < -0.4 is 11.1 Å². The zero-order valence-electron chi connectivity index (χ0n) is 9.40. The van der Waals surface area contributed by atoms with Gasteiger partial charge in [0.1, 0.15) is 5.60 Å². The molecule has 5 nitrogen and oxygen atoms in total. The lowest BCUT2D eigenvalue weighted by Gasteiger charge is -2.20. The molecule has 1 atom stereocenters. The fourth-order valence-electron chi connectivity index (χ4n) is 1.16. The van der Waals surface area contributed by atoms with Gasteiger partial charge in [-0.2, -0.15) is 0 Å². The lowest BCUT2D eigenvalue weighted by molar-refractivity contribution is 0.00321. The van der Waals surface area contributed by atoms with Gasteiger partial charge in [0.05, 0.1) is 22.9 Å². The number of amides is 1. The van der Waals surface area contributed by atoms with Gasteiger partial charge >= 0.3 is 0 Å². The van der Waals surface area contributed by atoms with Crippen molar-refractivity contribution in [3.05, 3.63) is 28.8 Å². The average molecular weight is 259 g/mol. The molecule has 6 heteroatoms. The van der Waals surface area contributed by atoms with Crippen LogP contribution in [0.4, 0.5) is 5.69 Å². The summed E-state index contributed by atoms with van der Waals surface area (Å²) in [6.07, 6.45) is 0. The molecule has 17 heavy (non-hydrogen) atoms. The first-order valence-electron chi connectivity index (χ1n) is 5.03. The minimum Gasteiger partial charge on any atom is -0.397 e. The highest BCUT2D eigenvalue weighted by molar-refractivity contribution is 6.33. The molecule has 1 aromatic carbocycles. The molecule has 0 aliphatic rings. The molecular formula is C11H15ClN2O3. The molecule has 0 saturated heterocycles. The van der Waals surface area contributed by atoms with Gasteiger partial charge in [0, 0.05) is 6.54 Å². The van der Waals surface area contributed by atoms with Crippen LogP contribution in [-0.4, -0.2) is 34.9 Å². The van der Waals surface area contributed by atoms with Gasteiger partial charge in [-0.25, -0.2) is 0 Å². The largest absolute Gasteiger partial charge is 0.397 e. The topological polar surface area (TPSA) is 95.6 Å². The number of aliphatic hydroxyl groups is 2. The Hall–Kier alpha value is -1.30. The first-order chi connectivity index (χ1) is 7.87. The molecular weight excluding hydrogens is 244 g/mol. The monoisotopic (exact) mass is 258 g/mol. The number of nitrogens with two attached hydrogens (primary N) is 1. The molecule has 0 aliphatic carbocycles. The number of nitrogens with one attached hydrogen (secondary N) is 1. The quantitative estimate of drug-likeness (QED) is 0.588. The number of nitrogen functional groups attached to an aromatic ring is 1. The fraction of sp³-hybridized carbons (Fsp3) is 0.364. The molecule has 0 saturated carbocycles. The van der Waals surface area contributed by atoms with Crippen molar-refractivity contribution in [1.29, 1.82) is 0 Å². The van der Waals surface area contributed by atoms with Gasteiger partial charge < -0.3 is 21.3 Å². The van der Waals surface area contributed by atoms with Crippen molar-refractivity contribution in [1.82, 2.24) is 5.32 Å². The average Bonchev–Trinajstić information content (AvgIpc) is 2.30. The number of para-hydroxylation sites is 1. The summed E-state index contributed by atoms with van der Waals surface area (Å²) in [6, 6.07) is 4.72. The van der Waals surface area contributed by atoms with Crippen LogP contribution in [0.2, 0.25) is 5.02 Å². The summed E-state index contributed by atoms with van der Waals surface area (Å²) in [7, 11) is 0. The van der Waals surface area contributed by atoms with E-state index in [1.165, 1.54) is 13.0 Å². The van der Waals surface area contributed by atoms with Crippen LogP contribution >= 0.6 is 11.6 Å². The van der Waals surface area contributed by atoms with Crippen molar-refractivity contribution in [3.8, 4) is 0 Å². The van der Waals surface area contributed by atoms with Gasteiger partial charge in [-0.15, -0.1) is 0 Å². The molecule has 1 aromatic rings. The molecule has 1 unspecified atom stereocenters. The SMILES string of the molecule is CC(O)(CO)CNC(=O)c1cccc(Cl)c1N. The Morgan fingerprint density at radius 3 is 2.82 bits per heavy atom. The number of carbonyl (C=O) groups is 1. The highest BCUT2D eigenvalue weighted by atomic mass is 35.5. The first-order valence-corrected chi connectivity index (χ1v) is 5.40. The van der Waals surface area contributed by atoms with Gasteiger partial charge in [-0.05, 0) is 19.1 Å². The number of anilines is 1. The molecule has 1 rings (SSSR count). The summed E-state index contributed by atoms with van der Waals surface area (Å²) in [5, 5.41) is 21.1. The first kappa shape index (κ1) is 13.8. The number of halogens is 1. The maximum absolute atomic E-state index is 11.7. The zero-order valence-corrected chi connectivity index (χ0v) is 10.2. The fourth-order valence-corrected chi connectivity index (χ4v) is 1.33. The molecule has 0 bridgehead atoms. The lowest BCUT2D eigenvalue weighted by Crippen LogP contribution is -2.43. The summed E-state index contributed by atoms with van der Waals surface area (Å²) in [4.78, 5) is 11.7. The highest BCUT2D eigenvalue weighted by Gasteiger charge is 2.21. The van der Waals surface area contributed by atoms with Gasteiger partial charge in [0.2, 0.25) is 0 Å². The van der Waals surface area contributed by atoms with E-state index in [0.29, 0.717) is 5.02 Å². The van der Waals surface area contributed by atoms with Gasteiger partial charge in [0.15, 0.2) is 0 Å². The third-order valence-electron chi connectivity index (χ3n) is 2.27. The van der Waals surface area contributed by atoms with Gasteiger partial charge in [0.25, 0.3) is 5.91 Å². The number of rotatable bonds is 4. The van der Waals surface area contributed by atoms with E-state index < -0.39 is 18.1 Å². The predicted molar refractivity (Wildman–Crippen MR) is 65.9 cm³/mol. The standard InChI is InChI=1S/C11H15ClN2O3/c1-11(17,6-15)5-14-10(16)7-3-2-4-8(12)9(7)13/h2-4,15,17H,5-6,13H2,1H3,(H,14,16). The Bertz CT molecular complexity index is 421. The molecule has 0 aliphatic heterocycles. The maximum Gasteiger partial charge on any atom is 0.253 e. The summed E-state index contributed by atoms with van der Waals surface area (Å²) in [5.74, 6) is -0.446. The second-order valence-corrected chi connectivity index (χ2v) is 4.45. The Morgan fingerprint density at radius 1 is 1.59 bits per heavy atom. The molecule has 0 spiro atoms. The van der Waals surface area contributed by atoms with E-state index in [9.17, 15) is 9.90 Å². The molecule has 0 radical (unpaired) electrons. The number of hydrogen-bond donors (Lipinski definition) is 4. The van der Waals surface area contributed by atoms with Gasteiger partial charge in [-0.1, -0.05) is 17.7 Å². The maximum atomic E-state index is 11.7.